The smallest absolute Gasteiger partial charge is 0.328 e. The quantitative estimate of drug-likeness (QED) is 0.583. The highest BCUT2D eigenvalue weighted by Crippen LogP contribution is 2.21. The van der Waals surface area contributed by atoms with Gasteiger partial charge in [0.1, 0.15) is 11.6 Å². The third-order valence-electron chi connectivity index (χ3n) is 2.30. The van der Waals surface area contributed by atoms with Crippen molar-refractivity contribution in [2.24, 2.45) is 0 Å². The van der Waals surface area contributed by atoms with Crippen LogP contribution in [0.4, 0.5) is 4.39 Å². The number of carboxylic acids is 1. The number of rotatable bonds is 7. The van der Waals surface area contributed by atoms with Crippen LogP contribution in [0.1, 0.15) is 12.0 Å². The van der Waals surface area contributed by atoms with E-state index in [-0.39, 0.29) is 30.9 Å². The summed E-state index contributed by atoms with van der Waals surface area (Å²) in [6, 6.07) is 5.42. The Kier molecular flexibility index (Phi) is 6.41. The highest BCUT2D eigenvalue weighted by atomic mass is 19.1. The van der Waals surface area contributed by atoms with E-state index in [9.17, 15) is 14.0 Å². The van der Waals surface area contributed by atoms with Crippen LogP contribution in [0.25, 0.3) is 6.08 Å². The molecule has 0 heterocycles. The molecule has 1 rings (SSSR count). The van der Waals surface area contributed by atoms with Gasteiger partial charge in [-0.05, 0) is 24.3 Å². The van der Waals surface area contributed by atoms with E-state index in [1.165, 1.54) is 12.1 Å². The molecule has 0 atom stereocenters. The summed E-state index contributed by atoms with van der Waals surface area (Å²) >= 11 is 0. The van der Waals surface area contributed by atoms with Gasteiger partial charge in [-0.2, -0.15) is 5.26 Å². The van der Waals surface area contributed by atoms with E-state index in [1.54, 1.807) is 0 Å². The lowest BCUT2D eigenvalue weighted by molar-refractivity contribution is -0.131. The molecule has 0 radical (unpaired) electrons. The highest BCUT2D eigenvalue weighted by Gasteiger charge is 2.07. The highest BCUT2D eigenvalue weighted by molar-refractivity contribution is 5.86. The zero-order chi connectivity index (χ0) is 15.7. The number of carbonyl (C=O) groups is 2. The molecule has 0 fully saturated rings. The fourth-order valence-corrected chi connectivity index (χ4v) is 1.39. The number of carboxylic acid groups (broad SMARTS) is 1. The fourth-order valence-electron chi connectivity index (χ4n) is 1.39. The minimum absolute atomic E-state index is 0.185. The minimum Gasteiger partial charge on any atom is -0.483 e. The summed E-state index contributed by atoms with van der Waals surface area (Å²) in [6.07, 6.45) is 2.21. The van der Waals surface area contributed by atoms with Crippen molar-refractivity contribution in [3.05, 3.63) is 35.7 Å². The number of ether oxygens (including phenoxy) is 1. The standard InChI is InChI=1S/C14H13FN2O4/c15-11-3-4-12(10(8-11)2-5-14(19)20)21-9-13(18)17-7-1-6-16/h2-5,8H,1,7,9H2,(H,17,18)(H,19,20)/b5-2+. The number of aliphatic carboxylic acids is 1. The van der Waals surface area contributed by atoms with Crippen molar-refractivity contribution >= 4 is 18.0 Å². The summed E-state index contributed by atoms with van der Waals surface area (Å²) in [5.41, 5.74) is 0.210. The first-order chi connectivity index (χ1) is 10.0. The van der Waals surface area contributed by atoms with E-state index in [4.69, 9.17) is 15.1 Å². The summed E-state index contributed by atoms with van der Waals surface area (Å²) in [7, 11) is 0. The number of amides is 1. The summed E-state index contributed by atoms with van der Waals surface area (Å²) in [5.74, 6) is -1.97. The van der Waals surface area contributed by atoms with Crippen LogP contribution in [0.2, 0.25) is 0 Å². The summed E-state index contributed by atoms with van der Waals surface area (Å²) in [4.78, 5) is 21.9. The molecule has 7 heteroatoms. The van der Waals surface area contributed by atoms with Crippen LogP contribution in [0.3, 0.4) is 0 Å². The van der Waals surface area contributed by atoms with Gasteiger partial charge in [0, 0.05) is 18.2 Å². The Bertz CT molecular complexity index is 593. The number of halogens is 1. The van der Waals surface area contributed by atoms with Crippen molar-refractivity contribution in [1.29, 1.82) is 5.26 Å². The van der Waals surface area contributed by atoms with Crippen molar-refractivity contribution in [2.75, 3.05) is 13.2 Å². The molecule has 0 aliphatic rings. The van der Waals surface area contributed by atoms with Crippen LogP contribution in [0.15, 0.2) is 24.3 Å². The van der Waals surface area contributed by atoms with Crippen LogP contribution in [0.5, 0.6) is 5.75 Å². The van der Waals surface area contributed by atoms with Crippen LogP contribution in [0, 0.1) is 17.1 Å². The van der Waals surface area contributed by atoms with E-state index in [1.807, 2.05) is 6.07 Å². The first kappa shape index (κ1) is 16.2. The van der Waals surface area contributed by atoms with Gasteiger partial charge in [0.25, 0.3) is 5.91 Å². The summed E-state index contributed by atoms with van der Waals surface area (Å²) in [5, 5.41) is 19.4. The molecular weight excluding hydrogens is 279 g/mol. The van der Waals surface area contributed by atoms with E-state index in [0.29, 0.717) is 0 Å². The van der Waals surface area contributed by atoms with Crippen LogP contribution < -0.4 is 10.1 Å². The molecule has 0 saturated heterocycles. The largest absolute Gasteiger partial charge is 0.483 e. The molecule has 1 amide bonds. The zero-order valence-electron chi connectivity index (χ0n) is 11.0. The molecule has 0 spiro atoms. The zero-order valence-corrected chi connectivity index (χ0v) is 11.0. The minimum atomic E-state index is -1.18. The second kappa shape index (κ2) is 8.32. The average Bonchev–Trinajstić information content (AvgIpc) is 2.44. The molecule has 0 bridgehead atoms. The second-order valence-electron chi connectivity index (χ2n) is 3.90. The number of nitrogens with one attached hydrogen (secondary N) is 1. The molecule has 0 aromatic heterocycles. The van der Waals surface area contributed by atoms with Gasteiger partial charge in [-0.1, -0.05) is 0 Å². The Balaban J connectivity index is 2.68. The number of carbonyl (C=O) groups excluding carboxylic acids is 1. The Morgan fingerprint density at radius 3 is 2.90 bits per heavy atom. The third kappa shape index (κ3) is 6.20. The molecule has 0 aliphatic carbocycles. The number of benzene rings is 1. The Hall–Kier alpha value is -2.88. The molecule has 0 saturated carbocycles. The maximum atomic E-state index is 13.1. The summed E-state index contributed by atoms with van der Waals surface area (Å²) in [6.45, 7) is -0.0984. The van der Waals surface area contributed by atoms with Gasteiger partial charge in [-0.15, -0.1) is 0 Å². The van der Waals surface area contributed by atoms with Gasteiger partial charge >= 0.3 is 5.97 Å². The van der Waals surface area contributed by atoms with Gasteiger partial charge in [0.05, 0.1) is 12.5 Å². The topological polar surface area (TPSA) is 99.4 Å². The van der Waals surface area contributed by atoms with Crippen molar-refractivity contribution in [1.82, 2.24) is 5.32 Å². The molecule has 2 N–H and O–H groups in total. The first-order valence-electron chi connectivity index (χ1n) is 6.00. The molecule has 21 heavy (non-hydrogen) atoms. The Morgan fingerprint density at radius 1 is 1.48 bits per heavy atom. The molecule has 6 nitrogen and oxygen atoms in total. The van der Waals surface area contributed by atoms with Crippen LogP contribution in [-0.2, 0) is 9.59 Å². The fraction of sp³-hybridized carbons (Fsp3) is 0.214. The molecule has 1 aromatic carbocycles. The molecular formula is C14H13FN2O4. The van der Waals surface area contributed by atoms with Crippen molar-refractivity contribution < 1.29 is 23.8 Å². The van der Waals surface area contributed by atoms with E-state index >= 15 is 0 Å². The number of hydrogen-bond acceptors (Lipinski definition) is 4. The van der Waals surface area contributed by atoms with Crippen LogP contribution >= 0.6 is 0 Å². The molecule has 110 valence electrons. The van der Waals surface area contributed by atoms with Gasteiger partial charge in [0.15, 0.2) is 6.61 Å². The predicted octanol–water partition coefficient (Wildman–Crippen LogP) is 1.33. The number of nitriles is 1. The number of hydrogen-bond donors (Lipinski definition) is 2. The lowest BCUT2D eigenvalue weighted by Gasteiger charge is -2.09. The average molecular weight is 292 g/mol. The van der Waals surface area contributed by atoms with Crippen molar-refractivity contribution in [3.63, 3.8) is 0 Å². The van der Waals surface area contributed by atoms with Gasteiger partial charge < -0.3 is 15.2 Å². The van der Waals surface area contributed by atoms with E-state index in [0.717, 1.165) is 18.2 Å². The Labute approximate surface area is 120 Å². The molecule has 0 unspecified atom stereocenters. The van der Waals surface area contributed by atoms with E-state index < -0.39 is 17.7 Å². The SMILES string of the molecule is N#CCCNC(=O)COc1ccc(F)cc1/C=C/C(=O)O. The monoisotopic (exact) mass is 292 g/mol. The molecule has 1 aromatic rings. The van der Waals surface area contributed by atoms with E-state index in [2.05, 4.69) is 5.32 Å². The molecule has 0 aliphatic heterocycles. The predicted molar refractivity (Wildman–Crippen MR) is 71.8 cm³/mol. The van der Waals surface area contributed by atoms with Gasteiger partial charge in [-0.25, -0.2) is 9.18 Å². The normalized spacial score (nSPS) is 10.1. The van der Waals surface area contributed by atoms with Crippen molar-refractivity contribution in [2.45, 2.75) is 6.42 Å². The maximum absolute atomic E-state index is 13.1. The summed E-state index contributed by atoms with van der Waals surface area (Å²) < 4.78 is 18.3. The van der Waals surface area contributed by atoms with Gasteiger partial charge in [0.2, 0.25) is 0 Å². The first-order valence-corrected chi connectivity index (χ1v) is 6.00. The maximum Gasteiger partial charge on any atom is 0.328 e. The second-order valence-corrected chi connectivity index (χ2v) is 3.90. The van der Waals surface area contributed by atoms with Gasteiger partial charge in [-0.3, -0.25) is 4.79 Å². The van der Waals surface area contributed by atoms with Crippen LogP contribution in [-0.4, -0.2) is 30.1 Å². The lowest BCUT2D eigenvalue weighted by Crippen LogP contribution is -2.29. The van der Waals surface area contributed by atoms with Crippen molar-refractivity contribution in [3.8, 4) is 11.8 Å². The Morgan fingerprint density at radius 2 is 2.24 bits per heavy atom. The lowest BCUT2D eigenvalue weighted by atomic mass is 10.2. The number of nitrogens with zero attached hydrogens (tertiary/aromatic N) is 1. The third-order valence-corrected chi connectivity index (χ3v) is 2.30.